The summed E-state index contributed by atoms with van der Waals surface area (Å²) in [5.41, 5.74) is 0.559. The molecule has 0 aromatic heterocycles. The van der Waals surface area contributed by atoms with Crippen LogP contribution < -0.4 is 9.46 Å². The molecule has 0 aliphatic heterocycles. The second kappa shape index (κ2) is 7.80. The molecule has 0 heterocycles. The fourth-order valence-corrected chi connectivity index (χ4v) is 3.49. The number of ether oxygens (including phenoxy) is 2. The molecule has 0 atom stereocenters. The third-order valence-electron chi connectivity index (χ3n) is 2.81. The summed E-state index contributed by atoms with van der Waals surface area (Å²) in [4.78, 5) is 0.186. The van der Waals surface area contributed by atoms with Gasteiger partial charge in [0.15, 0.2) is 0 Å². The minimum Gasteiger partial charge on any atom is -0.491 e. The van der Waals surface area contributed by atoms with Crippen molar-refractivity contribution >= 4 is 38.3 Å². The molecule has 2 aromatic rings. The van der Waals surface area contributed by atoms with Gasteiger partial charge >= 0.3 is 0 Å². The van der Waals surface area contributed by atoms with Gasteiger partial charge in [-0.1, -0.05) is 12.1 Å². The lowest BCUT2D eigenvalue weighted by Gasteiger charge is -2.10. The zero-order valence-electron chi connectivity index (χ0n) is 12.0. The number of para-hydroxylation sites is 1. The van der Waals surface area contributed by atoms with E-state index in [0.717, 1.165) is 3.57 Å². The Hall–Kier alpha value is -1.32. The number of rotatable bonds is 7. The van der Waals surface area contributed by atoms with Crippen LogP contribution in [0, 0.1) is 3.57 Å². The Balaban J connectivity index is 2.11. The lowest BCUT2D eigenvalue weighted by Crippen LogP contribution is -2.13. The van der Waals surface area contributed by atoms with Crippen LogP contribution >= 0.6 is 22.6 Å². The third kappa shape index (κ3) is 4.59. The molecule has 0 aliphatic rings. The van der Waals surface area contributed by atoms with Crippen molar-refractivity contribution < 1.29 is 17.9 Å². The van der Waals surface area contributed by atoms with Crippen molar-refractivity contribution in [2.45, 2.75) is 4.90 Å². The highest BCUT2D eigenvalue weighted by atomic mass is 127. The first-order valence-corrected chi connectivity index (χ1v) is 9.08. The molecule has 22 heavy (non-hydrogen) atoms. The average Bonchev–Trinajstić information content (AvgIpc) is 2.50. The highest BCUT2D eigenvalue weighted by Gasteiger charge is 2.15. The van der Waals surface area contributed by atoms with Gasteiger partial charge in [0, 0.05) is 10.7 Å². The normalized spacial score (nSPS) is 11.2. The number of anilines is 1. The largest absolute Gasteiger partial charge is 0.491 e. The molecule has 0 unspecified atom stereocenters. The van der Waals surface area contributed by atoms with E-state index in [4.69, 9.17) is 9.47 Å². The number of sulfonamides is 1. The van der Waals surface area contributed by atoms with Gasteiger partial charge in [0.2, 0.25) is 0 Å². The van der Waals surface area contributed by atoms with E-state index < -0.39 is 10.0 Å². The second-order valence-corrected chi connectivity index (χ2v) is 7.24. The molecule has 0 aliphatic carbocycles. The maximum absolute atomic E-state index is 12.4. The smallest absolute Gasteiger partial charge is 0.261 e. The fourth-order valence-electron chi connectivity index (χ4n) is 1.71. The van der Waals surface area contributed by atoms with Crippen molar-refractivity contribution in [3.63, 3.8) is 0 Å². The van der Waals surface area contributed by atoms with Crippen LogP contribution in [0.5, 0.6) is 5.75 Å². The summed E-state index contributed by atoms with van der Waals surface area (Å²) in [7, 11) is -2.02. The Kier molecular flexibility index (Phi) is 6.04. The maximum atomic E-state index is 12.4. The Morgan fingerprint density at radius 1 is 1.05 bits per heavy atom. The molecule has 0 fully saturated rings. The number of methoxy groups -OCH3 is 1. The van der Waals surface area contributed by atoms with Crippen molar-refractivity contribution in [1.29, 1.82) is 0 Å². The molecule has 118 valence electrons. The Morgan fingerprint density at radius 2 is 1.73 bits per heavy atom. The van der Waals surface area contributed by atoms with Gasteiger partial charge in [0.1, 0.15) is 12.4 Å². The molecular weight excluding hydrogens is 417 g/mol. The number of hydrogen-bond acceptors (Lipinski definition) is 4. The Labute approximate surface area is 143 Å². The van der Waals surface area contributed by atoms with Gasteiger partial charge in [-0.3, -0.25) is 4.72 Å². The predicted molar refractivity (Wildman–Crippen MR) is 93.8 cm³/mol. The zero-order valence-corrected chi connectivity index (χ0v) is 14.9. The van der Waals surface area contributed by atoms with Crippen LogP contribution in [0.25, 0.3) is 0 Å². The molecule has 2 rings (SSSR count). The van der Waals surface area contributed by atoms with E-state index in [2.05, 4.69) is 27.3 Å². The molecule has 0 bridgehead atoms. The van der Waals surface area contributed by atoms with Gasteiger partial charge in [-0.05, 0) is 59.0 Å². The number of halogens is 1. The van der Waals surface area contributed by atoms with Gasteiger partial charge in [-0.25, -0.2) is 8.42 Å². The number of nitrogens with one attached hydrogen (secondary N) is 1. The summed E-state index contributed by atoms with van der Waals surface area (Å²) in [5.74, 6) is 0.602. The van der Waals surface area contributed by atoms with Gasteiger partial charge in [-0.15, -0.1) is 0 Å². The highest BCUT2D eigenvalue weighted by molar-refractivity contribution is 14.1. The zero-order chi connectivity index (χ0) is 16.0. The molecule has 0 radical (unpaired) electrons. The van der Waals surface area contributed by atoms with Crippen molar-refractivity contribution in [3.8, 4) is 5.75 Å². The minimum absolute atomic E-state index is 0.186. The molecular formula is C15H16INO4S. The predicted octanol–water partition coefficient (Wildman–Crippen LogP) is 3.12. The van der Waals surface area contributed by atoms with Crippen LogP contribution in [-0.4, -0.2) is 28.7 Å². The van der Waals surface area contributed by atoms with E-state index >= 15 is 0 Å². The summed E-state index contributed by atoms with van der Waals surface area (Å²) in [6.45, 7) is 0.900. The maximum Gasteiger partial charge on any atom is 0.261 e. The summed E-state index contributed by atoms with van der Waals surface area (Å²) < 4.78 is 38.4. The van der Waals surface area contributed by atoms with Crippen LogP contribution in [0.15, 0.2) is 53.4 Å². The first-order valence-electron chi connectivity index (χ1n) is 6.52. The molecule has 0 amide bonds. The van der Waals surface area contributed by atoms with E-state index in [1.807, 2.05) is 12.1 Å². The highest BCUT2D eigenvalue weighted by Crippen LogP contribution is 2.22. The van der Waals surface area contributed by atoms with Gasteiger partial charge in [0.25, 0.3) is 10.0 Å². The lowest BCUT2D eigenvalue weighted by molar-refractivity contribution is 0.146. The molecule has 0 spiro atoms. The van der Waals surface area contributed by atoms with Gasteiger partial charge < -0.3 is 9.47 Å². The first kappa shape index (κ1) is 17.0. The average molecular weight is 433 g/mol. The van der Waals surface area contributed by atoms with Crippen LogP contribution in [0.3, 0.4) is 0 Å². The monoisotopic (exact) mass is 433 g/mol. The molecule has 0 saturated carbocycles. The topological polar surface area (TPSA) is 64.6 Å². The van der Waals surface area contributed by atoms with Crippen molar-refractivity contribution in [3.05, 3.63) is 52.1 Å². The summed E-state index contributed by atoms with van der Waals surface area (Å²) in [6.07, 6.45) is 0. The molecule has 0 saturated heterocycles. The van der Waals surface area contributed by atoms with Crippen LogP contribution in [0.4, 0.5) is 5.69 Å². The van der Waals surface area contributed by atoms with E-state index in [9.17, 15) is 8.42 Å². The fraction of sp³-hybridized carbons (Fsp3) is 0.200. The summed E-state index contributed by atoms with van der Waals surface area (Å²) in [5, 5.41) is 0. The SMILES string of the molecule is COCCOc1ccc(S(=O)(=O)Nc2ccccc2I)cc1. The van der Waals surface area contributed by atoms with Gasteiger partial charge in [0.05, 0.1) is 17.2 Å². The van der Waals surface area contributed by atoms with Crippen molar-refractivity contribution in [2.24, 2.45) is 0 Å². The quantitative estimate of drug-likeness (QED) is 0.539. The lowest BCUT2D eigenvalue weighted by atomic mass is 10.3. The van der Waals surface area contributed by atoms with E-state index in [-0.39, 0.29) is 4.90 Å². The number of benzene rings is 2. The third-order valence-corrected chi connectivity index (χ3v) is 5.13. The first-order chi connectivity index (χ1) is 10.5. The minimum atomic E-state index is -3.61. The van der Waals surface area contributed by atoms with Crippen LogP contribution in [-0.2, 0) is 14.8 Å². The Morgan fingerprint density at radius 3 is 2.36 bits per heavy atom. The summed E-state index contributed by atoms with van der Waals surface area (Å²) >= 11 is 2.09. The van der Waals surface area contributed by atoms with Crippen LogP contribution in [0.1, 0.15) is 0 Å². The standard InChI is InChI=1S/C15H16INO4S/c1-20-10-11-21-12-6-8-13(9-7-12)22(18,19)17-15-5-3-2-4-14(15)16/h2-9,17H,10-11H2,1H3. The van der Waals surface area contributed by atoms with E-state index in [1.165, 1.54) is 12.1 Å². The van der Waals surface area contributed by atoms with E-state index in [1.54, 1.807) is 31.4 Å². The molecule has 1 N–H and O–H groups in total. The molecule has 7 heteroatoms. The van der Waals surface area contributed by atoms with E-state index in [0.29, 0.717) is 24.7 Å². The van der Waals surface area contributed by atoms with Crippen LogP contribution in [0.2, 0.25) is 0 Å². The molecule has 5 nitrogen and oxygen atoms in total. The van der Waals surface area contributed by atoms with Crippen molar-refractivity contribution in [2.75, 3.05) is 25.0 Å². The van der Waals surface area contributed by atoms with Crippen molar-refractivity contribution in [1.82, 2.24) is 0 Å². The summed E-state index contributed by atoms with van der Waals surface area (Å²) in [6, 6.07) is 13.5. The second-order valence-electron chi connectivity index (χ2n) is 4.40. The molecule has 2 aromatic carbocycles. The van der Waals surface area contributed by atoms with Gasteiger partial charge in [-0.2, -0.15) is 0 Å². The number of hydrogen-bond donors (Lipinski definition) is 1. The Bertz CT molecular complexity index is 717.